The molecule has 104 valence electrons. The number of rotatable bonds is 3. The molecule has 0 saturated heterocycles. The molecule has 3 rings (SSSR count). The van der Waals surface area contributed by atoms with E-state index in [-0.39, 0.29) is 0 Å². The predicted molar refractivity (Wildman–Crippen MR) is 81.4 cm³/mol. The fourth-order valence-electron chi connectivity index (χ4n) is 3.93. The standard InChI is InChI=1S/C18H27N/c1-18(2)10-6-9-16(13-18)19-17-11-15(12-17)14-7-4-3-5-8-14/h3-5,7-8,15-17,19H,6,9-13H2,1-2H3. The molecule has 19 heavy (non-hydrogen) atoms. The van der Waals surface area contributed by atoms with Crippen molar-refractivity contribution >= 4 is 0 Å². The second-order valence-corrected chi connectivity index (χ2v) is 7.40. The van der Waals surface area contributed by atoms with Crippen LogP contribution in [0.1, 0.15) is 63.9 Å². The first-order valence-electron chi connectivity index (χ1n) is 7.93. The highest BCUT2D eigenvalue weighted by Gasteiger charge is 2.34. The van der Waals surface area contributed by atoms with Crippen LogP contribution in [0.15, 0.2) is 30.3 Å². The molecule has 0 bridgehead atoms. The summed E-state index contributed by atoms with van der Waals surface area (Å²) in [5.74, 6) is 0.801. The van der Waals surface area contributed by atoms with E-state index in [0.29, 0.717) is 5.41 Å². The van der Waals surface area contributed by atoms with Crippen molar-refractivity contribution in [2.24, 2.45) is 5.41 Å². The number of hydrogen-bond donors (Lipinski definition) is 1. The maximum atomic E-state index is 3.91. The highest BCUT2D eigenvalue weighted by Crippen LogP contribution is 2.39. The summed E-state index contributed by atoms with van der Waals surface area (Å²) in [5, 5.41) is 3.91. The maximum absolute atomic E-state index is 3.91. The molecule has 1 unspecified atom stereocenters. The van der Waals surface area contributed by atoms with Gasteiger partial charge in [0, 0.05) is 12.1 Å². The predicted octanol–water partition coefficient (Wildman–Crippen LogP) is 4.49. The molecule has 2 saturated carbocycles. The summed E-state index contributed by atoms with van der Waals surface area (Å²) in [6.07, 6.45) is 8.22. The molecule has 0 amide bonds. The smallest absolute Gasteiger partial charge is 0.00813 e. The van der Waals surface area contributed by atoms with Crippen molar-refractivity contribution < 1.29 is 0 Å². The van der Waals surface area contributed by atoms with Crippen LogP contribution >= 0.6 is 0 Å². The molecule has 1 aromatic rings. The van der Waals surface area contributed by atoms with Crippen molar-refractivity contribution in [1.82, 2.24) is 5.32 Å². The second-order valence-electron chi connectivity index (χ2n) is 7.40. The molecule has 1 aromatic carbocycles. The molecule has 0 aliphatic heterocycles. The molecule has 2 fully saturated rings. The lowest BCUT2D eigenvalue weighted by Crippen LogP contribution is -2.48. The fourth-order valence-corrected chi connectivity index (χ4v) is 3.93. The Morgan fingerprint density at radius 1 is 1.05 bits per heavy atom. The van der Waals surface area contributed by atoms with Crippen LogP contribution in [0.25, 0.3) is 0 Å². The van der Waals surface area contributed by atoms with Crippen LogP contribution in [-0.2, 0) is 0 Å². The van der Waals surface area contributed by atoms with E-state index in [1.54, 1.807) is 0 Å². The van der Waals surface area contributed by atoms with Crippen molar-refractivity contribution in [1.29, 1.82) is 0 Å². The Labute approximate surface area is 117 Å². The Morgan fingerprint density at radius 2 is 1.79 bits per heavy atom. The van der Waals surface area contributed by atoms with Gasteiger partial charge in [-0.25, -0.2) is 0 Å². The zero-order valence-electron chi connectivity index (χ0n) is 12.4. The molecule has 1 heteroatoms. The van der Waals surface area contributed by atoms with E-state index in [9.17, 15) is 0 Å². The summed E-state index contributed by atoms with van der Waals surface area (Å²) in [6.45, 7) is 4.85. The van der Waals surface area contributed by atoms with E-state index in [4.69, 9.17) is 0 Å². The van der Waals surface area contributed by atoms with Gasteiger partial charge < -0.3 is 5.32 Å². The van der Waals surface area contributed by atoms with Crippen LogP contribution in [0, 0.1) is 5.41 Å². The second kappa shape index (κ2) is 5.28. The lowest BCUT2D eigenvalue weighted by atomic mass is 9.72. The quantitative estimate of drug-likeness (QED) is 0.841. The van der Waals surface area contributed by atoms with Crippen LogP contribution in [0.4, 0.5) is 0 Å². The van der Waals surface area contributed by atoms with Gasteiger partial charge in [0.15, 0.2) is 0 Å². The average molecular weight is 257 g/mol. The van der Waals surface area contributed by atoms with Crippen LogP contribution in [-0.4, -0.2) is 12.1 Å². The zero-order chi connectivity index (χ0) is 13.3. The van der Waals surface area contributed by atoms with E-state index >= 15 is 0 Å². The molecule has 2 aliphatic carbocycles. The molecule has 0 spiro atoms. The van der Waals surface area contributed by atoms with Crippen LogP contribution in [0.3, 0.4) is 0 Å². The third-order valence-electron chi connectivity index (χ3n) is 5.09. The SMILES string of the molecule is CC1(C)CCCC(NC2CC(c3ccccc3)C2)C1. The molecule has 1 nitrogen and oxygen atoms in total. The van der Waals surface area contributed by atoms with Gasteiger partial charge in [-0.3, -0.25) is 0 Å². The van der Waals surface area contributed by atoms with E-state index in [0.717, 1.165) is 18.0 Å². The van der Waals surface area contributed by atoms with E-state index in [1.807, 2.05) is 0 Å². The van der Waals surface area contributed by atoms with Gasteiger partial charge in [0.25, 0.3) is 0 Å². The van der Waals surface area contributed by atoms with Crippen LogP contribution in [0.2, 0.25) is 0 Å². The van der Waals surface area contributed by atoms with Gasteiger partial charge >= 0.3 is 0 Å². The zero-order valence-corrected chi connectivity index (χ0v) is 12.4. The minimum Gasteiger partial charge on any atom is -0.311 e. The largest absolute Gasteiger partial charge is 0.311 e. The minimum absolute atomic E-state index is 0.554. The molecule has 0 heterocycles. The average Bonchev–Trinajstić information content (AvgIpc) is 2.33. The number of benzene rings is 1. The Balaban J connectivity index is 1.47. The third kappa shape index (κ3) is 3.20. The number of hydrogen-bond acceptors (Lipinski definition) is 1. The van der Waals surface area contributed by atoms with Crippen molar-refractivity contribution in [3.05, 3.63) is 35.9 Å². The first-order chi connectivity index (χ1) is 9.12. The Morgan fingerprint density at radius 3 is 2.47 bits per heavy atom. The monoisotopic (exact) mass is 257 g/mol. The van der Waals surface area contributed by atoms with Gasteiger partial charge in [0.2, 0.25) is 0 Å². The molecule has 0 aromatic heterocycles. The summed E-state index contributed by atoms with van der Waals surface area (Å²) >= 11 is 0. The maximum Gasteiger partial charge on any atom is 0.00813 e. The highest BCUT2D eigenvalue weighted by molar-refractivity contribution is 5.22. The first kappa shape index (κ1) is 13.2. The van der Waals surface area contributed by atoms with Crippen LogP contribution in [0.5, 0.6) is 0 Å². The van der Waals surface area contributed by atoms with Crippen molar-refractivity contribution in [2.75, 3.05) is 0 Å². The van der Waals surface area contributed by atoms with E-state index in [2.05, 4.69) is 49.5 Å². The Hall–Kier alpha value is -0.820. The first-order valence-corrected chi connectivity index (χ1v) is 7.93. The molecular weight excluding hydrogens is 230 g/mol. The summed E-state index contributed by atoms with van der Waals surface area (Å²) in [6, 6.07) is 12.5. The van der Waals surface area contributed by atoms with E-state index in [1.165, 1.54) is 44.1 Å². The lowest BCUT2D eigenvalue weighted by molar-refractivity contribution is 0.165. The normalized spacial score (nSPS) is 33.7. The topological polar surface area (TPSA) is 12.0 Å². The fraction of sp³-hybridized carbons (Fsp3) is 0.667. The summed E-state index contributed by atoms with van der Waals surface area (Å²) in [5.41, 5.74) is 2.09. The van der Waals surface area contributed by atoms with Crippen molar-refractivity contribution in [2.45, 2.75) is 70.4 Å². The molecule has 2 aliphatic rings. The van der Waals surface area contributed by atoms with Gasteiger partial charge in [0.1, 0.15) is 0 Å². The summed E-state index contributed by atoms with van der Waals surface area (Å²) in [4.78, 5) is 0. The third-order valence-corrected chi connectivity index (χ3v) is 5.09. The van der Waals surface area contributed by atoms with Gasteiger partial charge in [-0.2, -0.15) is 0 Å². The molecular formula is C18H27N. The molecule has 0 radical (unpaired) electrons. The summed E-state index contributed by atoms with van der Waals surface area (Å²) in [7, 11) is 0. The van der Waals surface area contributed by atoms with Gasteiger partial charge in [-0.05, 0) is 49.0 Å². The molecule has 1 N–H and O–H groups in total. The highest BCUT2D eigenvalue weighted by atomic mass is 15.0. The Kier molecular flexibility index (Phi) is 3.66. The van der Waals surface area contributed by atoms with Gasteiger partial charge in [-0.15, -0.1) is 0 Å². The van der Waals surface area contributed by atoms with Crippen molar-refractivity contribution in [3.8, 4) is 0 Å². The van der Waals surface area contributed by atoms with Crippen molar-refractivity contribution in [3.63, 3.8) is 0 Å². The van der Waals surface area contributed by atoms with Gasteiger partial charge in [0.05, 0.1) is 0 Å². The van der Waals surface area contributed by atoms with E-state index < -0.39 is 0 Å². The Bertz CT molecular complexity index is 403. The van der Waals surface area contributed by atoms with Crippen LogP contribution < -0.4 is 5.32 Å². The summed E-state index contributed by atoms with van der Waals surface area (Å²) < 4.78 is 0. The van der Waals surface area contributed by atoms with Gasteiger partial charge in [-0.1, -0.05) is 50.6 Å². The minimum atomic E-state index is 0.554. The number of nitrogens with one attached hydrogen (secondary N) is 1. The molecule has 1 atom stereocenters. The lowest BCUT2D eigenvalue weighted by Gasteiger charge is -2.42.